The summed E-state index contributed by atoms with van der Waals surface area (Å²) in [6.45, 7) is 4.68. The molecule has 7 heteroatoms. The fraction of sp³-hybridized carbons (Fsp3) is 0.562. The van der Waals surface area contributed by atoms with E-state index in [1.807, 2.05) is 11.8 Å². The van der Waals surface area contributed by atoms with Crippen LogP contribution in [0.5, 0.6) is 0 Å². The number of nitrogens with zero attached hydrogens (tertiary/aromatic N) is 2. The van der Waals surface area contributed by atoms with Gasteiger partial charge in [-0.2, -0.15) is 11.8 Å². The predicted molar refractivity (Wildman–Crippen MR) is 105 cm³/mol. The van der Waals surface area contributed by atoms with Gasteiger partial charge in [0.1, 0.15) is 0 Å². The third-order valence-corrected chi connectivity index (χ3v) is 5.19. The quantitative estimate of drug-likeness (QED) is 0.428. The van der Waals surface area contributed by atoms with E-state index >= 15 is 0 Å². The van der Waals surface area contributed by atoms with Crippen LogP contribution in [0.25, 0.3) is 0 Å². The van der Waals surface area contributed by atoms with E-state index in [1.165, 1.54) is 6.07 Å². The van der Waals surface area contributed by atoms with E-state index in [9.17, 15) is 8.78 Å². The fourth-order valence-corrected chi connectivity index (χ4v) is 3.72. The maximum atomic E-state index is 13.6. The molecule has 0 spiro atoms. The summed E-state index contributed by atoms with van der Waals surface area (Å²) in [7, 11) is 1.76. The van der Waals surface area contributed by atoms with Gasteiger partial charge < -0.3 is 10.2 Å². The minimum absolute atomic E-state index is 0. The molecule has 1 unspecified atom stereocenters. The standard InChI is InChI=1S/C16H23F2N3S.HI/c1-3-13-11-21(9-10-22-13)16(19-2)20-8-7-12-5-4-6-14(17)15(12)18;/h4-6,13H,3,7-11H2,1-2H3,(H,19,20);1H. The molecule has 0 aliphatic carbocycles. The Labute approximate surface area is 158 Å². The summed E-state index contributed by atoms with van der Waals surface area (Å²) in [5.41, 5.74) is 0.392. The molecule has 1 aliphatic heterocycles. The largest absolute Gasteiger partial charge is 0.356 e. The number of hydrogen-bond donors (Lipinski definition) is 1. The number of halogens is 3. The van der Waals surface area contributed by atoms with Gasteiger partial charge in [0.25, 0.3) is 0 Å². The van der Waals surface area contributed by atoms with Crippen LogP contribution in [0.1, 0.15) is 18.9 Å². The smallest absolute Gasteiger partial charge is 0.193 e. The van der Waals surface area contributed by atoms with Gasteiger partial charge in [0.15, 0.2) is 17.6 Å². The third kappa shape index (κ3) is 5.77. The molecule has 0 radical (unpaired) electrons. The third-order valence-electron chi connectivity index (χ3n) is 3.81. The Kier molecular flexibility index (Phi) is 9.19. The van der Waals surface area contributed by atoms with Crippen LogP contribution < -0.4 is 5.32 Å². The number of benzene rings is 1. The first kappa shape index (κ1) is 20.5. The number of guanidine groups is 1. The van der Waals surface area contributed by atoms with Crippen molar-refractivity contribution in [3.63, 3.8) is 0 Å². The average molecular weight is 455 g/mol. The van der Waals surface area contributed by atoms with Crippen LogP contribution in [0.15, 0.2) is 23.2 Å². The van der Waals surface area contributed by atoms with Crippen molar-refractivity contribution >= 4 is 41.7 Å². The Hall–Kier alpha value is -0.570. The lowest BCUT2D eigenvalue weighted by Crippen LogP contribution is -2.48. The van der Waals surface area contributed by atoms with E-state index < -0.39 is 11.6 Å². The molecule has 1 fully saturated rings. The molecular formula is C16H24F2IN3S. The lowest BCUT2D eigenvalue weighted by atomic mass is 10.1. The van der Waals surface area contributed by atoms with Crippen molar-refractivity contribution in [1.29, 1.82) is 0 Å². The van der Waals surface area contributed by atoms with Crippen LogP contribution in [-0.2, 0) is 6.42 Å². The van der Waals surface area contributed by atoms with Crippen LogP contribution >= 0.6 is 35.7 Å². The minimum Gasteiger partial charge on any atom is -0.356 e. The van der Waals surface area contributed by atoms with Gasteiger partial charge in [0, 0.05) is 37.7 Å². The van der Waals surface area contributed by atoms with E-state index in [1.54, 1.807) is 13.1 Å². The van der Waals surface area contributed by atoms with Crippen molar-refractivity contribution in [2.45, 2.75) is 25.0 Å². The molecule has 1 aromatic rings. The van der Waals surface area contributed by atoms with Gasteiger partial charge in [-0.25, -0.2) is 8.78 Å². The molecule has 0 saturated carbocycles. The molecule has 0 bridgehead atoms. The topological polar surface area (TPSA) is 27.6 Å². The Morgan fingerprint density at radius 2 is 2.22 bits per heavy atom. The minimum atomic E-state index is -0.791. The Morgan fingerprint density at radius 3 is 2.91 bits per heavy atom. The van der Waals surface area contributed by atoms with Gasteiger partial charge in [-0.05, 0) is 24.5 Å². The average Bonchev–Trinajstić information content (AvgIpc) is 2.55. The lowest BCUT2D eigenvalue weighted by Gasteiger charge is -2.34. The summed E-state index contributed by atoms with van der Waals surface area (Å²) in [6, 6.07) is 4.30. The normalized spacial score (nSPS) is 18.5. The van der Waals surface area contributed by atoms with Crippen LogP contribution in [0.4, 0.5) is 8.78 Å². The molecule has 3 nitrogen and oxygen atoms in total. The van der Waals surface area contributed by atoms with Crippen LogP contribution in [0.2, 0.25) is 0 Å². The molecular weight excluding hydrogens is 431 g/mol. The summed E-state index contributed by atoms with van der Waals surface area (Å²) >= 11 is 2.00. The fourth-order valence-electron chi connectivity index (χ4n) is 2.54. The molecule has 130 valence electrons. The molecule has 1 saturated heterocycles. The second kappa shape index (κ2) is 10.3. The van der Waals surface area contributed by atoms with Crippen LogP contribution in [0, 0.1) is 11.6 Å². The second-order valence-electron chi connectivity index (χ2n) is 5.28. The molecule has 1 aromatic carbocycles. The molecule has 0 amide bonds. The molecule has 23 heavy (non-hydrogen) atoms. The van der Waals surface area contributed by atoms with E-state index in [4.69, 9.17) is 0 Å². The highest BCUT2D eigenvalue weighted by Crippen LogP contribution is 2.21. The van der Waals surface area contributed by atoms with Crippen molar-refractivity contribution in [1.82, 2.24) is 10.2 Å². The molecule has 2 rings (SSSR count). The summed E-state index contributed by atoms with van der Waals surface area (Å²) in [4.78, 5) is 6.55. The number of hydrogen-bond acceptors (Lipinski definition) is 2. The number of nitrogens with one attached hydrogen (secondary N) is 1. The van der Waals surface area contributed by atoms with E-state index in [0.29, 0.717) is 23.8 Å². The van der Waals surface area contributed by atoms with Crippen molar-refractivity contribution in [3.05, 3.63) is 35.4 Å². The zero-order chi connectivity index (χ0) is 15.9. The second-order valence-corrected chi connectivity index (χ2v) is 6.69. The first-order valence-electron chi connectivity index (χ1n) is 7.65. The number of aliphatic imine (C=N–C) groups is 1. The Morgan fingerprint density at radius 1 is 1.43 bits per heavy atom. The Bertz CT molecular complexity index is 528. The van der Waals surface area contributed by atoms with Crippen molar-refractivity contribution in [3.8, 4) is 0 Å². The highest BCUT2D eigenvalue weighted by atomic mass is 127. The Balaban J connectivity index is 0.00000264. The van der Waals surface area contributed by atoms with Crippen molar-refractivity contribution in [2.75, 3.05) is 32.4 Å². The van der Waals surface area contributed by atoms with Gasteiger partial charge in [0.05, 0.1) is 0 Å². The summed E-state index contributed by atoms with van der Waals surface area (Å²) in [5.74, 6) is 0.397. The van der Waals surface area contributed by atoms with Crippen LogP contribution in [-0.4, -0.2) is 48.5 Å². The summed E-state index contributed by atoms with van der Waals surface area (Å²) < 4.78 is 26.8. The zero-order valence-electron chi connectivity index (χ0n) is 13.5. The van der Waals surface area contributed by atoms with Gasteiger partial charge in [0.2, 0.25) is 0 Å². The van der Waals surface area contributed by atoms with Gasteiger partial charge in [-0.3, -0.25) is 4.99 Å². The van der Waals surface area contributed by atoms with Gasteiger partial charge >= 0.3 is 0 Å². The van der Waals surface area contributed by atoms with Crippen molar-refractivity contribution < 1.29 is 8.78 Å². The van der Waals surface area contributed by atoms with Crippen molar-refractivity contribution in [2.24, 2.45) is 4.99 Å². The molecule has 1 aliphatic rings. The molecule has 0 aromatic heterocycles. The first-order valence-corrected chi connectivity index (χ1v) is 8.70. The highest BCUT2D eigenvalue weighted by molar-refractivity contribution is 14.0. The predicted octanol–water partition coefficient (Wildman–Crippen LogP) is 3.53. The lowest BCUT2D eigenvalue weighted by molar-refractivity contribution is 0.408. The maximum Gasteiger partial charge on any atom is 0.193 e. The van der Waals surface area contributed by atoms with E-state index in [-0.39, 0.29) is 24.0 Å². The number of thioether (sulfide) groups is 1. The van der Waals surface area contributed by atoms with E-state index in [0.717, 1.165) is 37.3 Å². The zero-order valence-corrected chi connectivity index (χ0v) is 16.7. The molecule has 1 heterocycles. The highest BCUT2D eigenvalue weighted by Gasteiger charge is 2.21. The summed E-state index contributed by atoms with van der Waals surface area (Å²) in [6.07, 6.45) is 1.58. The number of rotatable bonds is 4. The maximum absolute atomic E-state index is 13.6. The summed E-state index contributed by atoms with van der Waals surface area (Å²) in [5, 5.41) is 3.89. The SMILES string of the molecule is CCC1CN(C(=NC)NCCc2cccc(F)c2F)CCS1.I. The van der Waals surface area contributed by atoms with E-state index in [2.05, 4.69) is 22.1 Å². The molecule has 1 N–H and O–H groups in total. The van der Waals surface area contributed by atoms with Gasteiger partial charge in [-0.1, -0.05) is 19.1 Å². The first-order chi connectivity index (χ1) is 10.7. The molecule has 1 atom stereocenters. The van der Waals surface area contributed by atoms with Gasteiger partial charge in [-0.15, -0.1) is 24.0 Å². The monoisotopic (exact) mass is 455 g/mol. The van der Waals surface area contributed by atoms with Crippen LogP contribution in [0.3, 0.4) is 0 Å².